The summed E-state index contributed by atoms with van der Waals surface area (Å²) in [6.45, 7) is 5.04. The van der Waals surface area contributed by atoms with Gasteiger partial charge in [-0.2, -0.15) is 0 Å². The highest BCUT2D eigenvalue weighted by Gasteiger charge is 2.28. The topological polar surface area (TPSA) is 88.1 Å². The van der Waals surface area contributed by atoms with Crippen molar-refractivity contribution in [1.29, 1.82) is 0 Å². The van der Waals surface area contributed by atoms with E-state index in [9.17, 15) is 9.59 Å². The van der Waals surface area contributed by atoms with Crippen LogP contribution in [-0.2, 0) is 0 Å². The molecular weight excluding hydrogens is 442 g/mol. The predicted octanol–water partition coefficient (Wildman–Crippen LogP) is 4.48. The zero-order chi connectivity index (χ0) is 22.3. The fourth-order valence-electron chi connectivity index (χ4n) is 3.52. The molecule has 2 amide bonds. The summed E-state index contributed by atoms with van der Waals surface area (Å²) in [6.07, 6.45) is 8.40. The number of piperidine rings is 1. The summed E-state index contributed by atoms with van der Waals surface area (Å²) >= 11 is 3.01. The lowest BCUT2D eigenvalue weighted by atomic mass is 9.97. The van der Waals surface area contributed by atoms with Gasteiger partial charge in [0.05, 0.1) is 22.5 Å². The highest BCUT2D eigenvalue weighted by atomic mass is 32.2. The monoisotopic (exact) mass is 465 g/mol. The van der Waals surface area contributed by atoms with Gasteiger partial charge >= 0.3 is 0 Å². The van der Waals surface area contributed by atoms with E-state index in [1.807, 2.05) is 11.0 Å². The molecule has 9 heteroatoms. The minimum absolute atomic E-state index is 0.0128. The van der Waals surface area contributed by atoms with Gasteiger partial charge in [0.2, 0.25) is 0 Å². The third kappa shape index (κ3) is 5.23. The lowest BCUT2D eigenvalue weighted by Crippen LogP contribution is -2.38. The van der Waals surface area contributed by atoms with Crippen LogP contribution >= 0.6 is 23.1 Å². The van der Waals surface area contributed by atoms with E-state index in [4.69, 9.17) is 0 Å². The zero-order valence-electron chi connectivity index (χ0n) is 17.4. The summed E-state index contributed by atoms with van der Waals surface area (Å²) in [5.74, 6) is 0.723. The minimum atomic E-state index is -0.241. The first-order valence-corrected chi connectivity index (χ1v) is 12.2. The number of aromatic nitrogens is 3. The van der Waals surface area contributed by atoms with Crippen LogP contribution in [0.5, 0.6) is 0 Å². The first-order valence-electron chi connectivity index (χ1n) is 10.3. The van der Waals surface area contributed by atoms with Gasteiger partial charge in [-0.3, -0.25) is 14.6 Å². The van der Waals surface area contributed by atoms with Crippen LogP contribution in [0.4, 0.5) is 5.69 Å². The Balaban J connectivity index is 1.36. The van der Waals surface area contributed by atoms with Gasteiger partial charge in [0, 0.05) is 42.5 Å². The molecule has 0 spiro atoms. The third-order valence-corrected chi connectivity index (χ3v) is 7.15. The van der Waals surface area contributed by atoms with E-state index in [1.54, 1.807) is 48.2 Å². The van der Waals surface area contributed by atoms with E-state index in [0.717, 1.165) is 22.9 Å². The van der Waals surface area contributed by atoms with Crippen molar-refractivity contribution in [2.24, 2.45) is 0 Å². The number of nitrogens with one attached hydrogen (secondary N) is 1. The summed E-state index contributed by atoms with van der Waals surface area (Å²) < 4.78 is 0. The van der Waals surface area contributed by atoms with Crippen LogP contribution < -0.4 is 5.32 Å². The third-order valence-electron chi connectivity index (χ3n) is 5.14. The van der Waals surface area contributed by atoms with Crippen LogP contribution in [0, 0.1) is 0 Å². The number of amides is 2. The lowest BCUT2D eigenvalue weighted by molar-refractivity contribution is 0.0708. The Morgan fingerprint density at radius 3 is 2.81 bits per heavy atom. The number of carbonyl (C=O) groups excluding carboxylic acids is 2. The molecular formula is C23H23N5O2S2. The molecule has 164 valence electrons. The molecule has 0 bridgehead atoms. The number of anilines is 1. The van der Waals surface area contributed by atoms with Gasteiger partial charge in [-0.1, -0.05) is 6.08 Å². The Kier molecular flexibility index (Phi) is 7.28. The van der Waals surface area contributed by atoms with Crippen molar-refractivity contribution in [2.75, 3.05) is 24.2 Å². The van der Waals surface area contributed by atoms with Crippen molar-refractivity contribution in [2.45, 2.75) is 23.8 Å². The number of rotatable bonds is 7. The Morgan fingerprint density at radius 2 is 2.06 bits per heavy atom. The molecule has 0 saturated carbocycles. The van der Waals surface area contributed by atoms with Gasteiger partial charge in [0.15, 0.2) is 0 Å². The van der Waals surface area contributed by atoms with Crippen LogP contribution in [0.15, 0.2) is 65.9 Å². The Hall–Kier alpha value is -3.04. The van der Waals surface area contributed by atoms with Gasteiger partial charge in [-0.05, 0) is 37.1 Å². The van der Waals surface area contributed by atoms with Crippen molar-refractivity contribution >= 4 is 40.6 Å². The molecule has 0 radical (unpaired) electrons. The highest BCUT2D eigenvalue weighted by molar-refractivity contribution is 7.99. The number of hydrogen-bond acceptors (Lipinski definition) is 7. The van der Waals surface area contributed by atoms with Gasteiger partial charge < -0.3 is 10.2 Å². The lowest BCUT2D eigenvalue weighted by Gasteiger charge is -2.31. The van der Waals surface area contributed by atoms with Crippen molar-refractivity contribution in [3.05, 3.63) is 77.2 Å². The van der Waals surface area contributed by atoms with Gasteiger partial charge in [0.25, 0.3) is 11.8 Å². The summed E-state index contributed by atoms with van der Waals surface area (Å²) in [5, 5.41) is 6.28. The molecule has 1 aliphatic heterocycles. The standard InChI is InChI=1S/C23H23N5O2S2/c1-2-13-31-22-18(6-4-10-25-22)23(30)28-11-7-16(8-12-28)21-27-19(15-32-21)20(29)26-17-5-3-9-24-14-17/h2-6,9-10,14-16H,1,7-8,11-13H2,(H,26,29). The fraction of sp³-hybridized carbons (Fsp3) is 0.261. The number of thioether (sulfide) groups is 1. The number of thiazole rings is 1. The fourth-order valence-corrected chi connectivity index (χ4v) is 5.21. The van der Waals surface area contributed by atoms with Gasteiger partial charge in [-0.15, -0.1) is 29.7 Å². The highest BCUT2D eigenvalue weighted by Crippen LogP contribution is 2.32. The van der Waals surface area contributed by atoms with Crippen molar-refractivity contribution < 1.29 is 9.59 Å². The molecule has 32 heavy (non-hydrogen) atoms. The maximum atomic E-state index is 13.1. The van der Waals surface area contributed by atoms with E-state index in [0.29, 0.717) is 35.8 Å². The van der Waals surface area contributed by atoms with E-state index in [2.05, 4.69) is 26.8 Å². The van der Waals surface area contributed by atoms with E-state index in [-0.39, 0.29) is 17.7 Å². The second-order valence-corrected chi connectivity index (χ2v) is 9.19. The molecule has 1 N–H and O–H groups in total. The average Bonchev–Trinajstić information content (AvgIpc) is 3.34. The van der Waals surface area contributed by atoms with Crippen molar-refractivity contribution in [1.82, 2.24) is 19.9 Å². The molecule has 7 nitrogen and oxygen atoms in total. The molecule has 1 aliphatic rings. The van der Waals surface area contributed by atoms with Gasteiger partial charge in [0.1, 0.15) is 10.7 Å². The second-order valence-electron chi connectivity index (χ2n) is 7.29. The molecule has 1 fully saturated rings. The van der Waals surface area contributed by atoms with Crippen molar-refractivity contribution in [3.63, 3.8) is 0 Å². The molecule has 0 unspecified atom stereocenters. The molecule has 0 aromatic carbocycles. The number of likely N-dealkylation sites (tertiary alicyclic amines) is 1. The SMILES string of the molecule is C=CCSc1ncccc1C(=O)N1CCC(c2nc(C(=O)Nc3cccnc3)cs2)CC1. The number of hydrogen-bond donors (Lipinski definition) is 1. The van der Waals surface area contributed by atoms with E-state index < -0.39 is 0 Å². The first-order chi connectivity index (χ1) is 15.7. The first kappa shape index (κ1) is 22.2. The molecule has 1 saturated heterocycles. The normalized spacial score (nSPS) is 14.2. The van der Waals surface area contributed by atoms with Crippen LogP contribution in [0.3, 0.4) is 0 Å². The van der Waals surface area contributed by atoms with Crippen LogP contribution in [0.25, 0.3) is 0 Å². The zero-order valence-corrected chi connectivity index (χ0v) is 19.1. The van der Waals surface area contributed by atoms with Crippen molar-refractivity contribution in [3.8, 4) is 0 Å². The Bertz CT molecular complexity index is 1090. The smallest absolute Gasteiger partial charge is 0.275 e. The molecule has 0 atom stereocenters. The second kappa shape index (κ2) is 10.5. The minimum Gasteiger partial charge on any atom is -0.339 e. The van der Waals surface area contributed by atoms with E-state index >= 15 is 0 Å². The van der Waals surface area contributed by atoms with E-state index in [1.165, 1.54) is 23.1 Å². The number of carbonyl (C=O) groups is 2. The quantitative estimate of drug-likeness (QED) is 0.409. The van der Waals surface area contributed by atoms with Crippen LogP contribution in [0.2, 0.25) is 0 Å². The summed E-state index contributed by atoms with van der Waals surface area (Å²) in [6, 6.07) is 7.19. The molecule has 4 rings (SSSR count). The average molecular weight is 466 g/mol. The van der Waals surface area contributed by atoms with Crippen LogP contribution in [0.1, 0.15) is 44.6 Å². The molecule has 4 heterocycles. The van der Waals surface area contributed by atoms with Crippen LogP contribution in [-0.4, -0.2) is 50.5 Å². The molecule has 3 aromatic rings. The van der Waals surface area contributed by atoms with Gasteiger partial charge in [-0.25, -0.2) is 9.97 Å². The molecule has 0 aliphatic carbocycles. The molecule has 3 aromatic heterocycles. The summed E-state index contributed by atoms with van der Waals surface area (Å²) in [7, 11) is 0. The maximum absolute atomic E-state index is 13.1. The number of pyridine rings is 2. The summed E-state index contributed by atoms with van der Waals surface area (Å²) in [4.78, 5) is 40.3. The number of nitrogens with zero attached hydrogens (tertiary/aromatic N) is 4. The largest absolute Gasteiger partial charge is 0.339 e. The maximum Gasteiger partial charge on any atom is 0.275 e. The predicted molar refractivity (Wildman–Crippen MR) is 127 cm³/mol. The Labute approximate surface area is 195 Å². The summed E-state index contributed by atoms with van der Waals surface area (Å²) in [5.41, 5.74) is 1.69. The Morgan fingerprint density at radius 1 is 1.25 bits per heavy atom.